The lowest BCUT2D eigenvalue weighted by Crippen LogP contribution is -2.23. The Morgan fingerprint density at radius 2 is 2.04 bits per heavy atom. The number of nitriles is 1. The van der Waals surface area contributed by atoms with Crippen LogP contribution in [0.1, 0.15) is 32.0 Å². The van der Waals surface area contributed by atoms with Gasteiger partial charge in [-0.25, -0.2) is 14.8 Å². The number of halogens is 1. The third-order valence-corrected chi connectivity index (χ3v) is 4.69. The molecule has 2 amide bonds. The predicted octanol–water partition coefficient (Wildman–Crippen LogP) is 4.20. The van der Waals surface area contributed by atoms with Crippen molar-refractivity contribution >= 4 is 29.1 Å². The molecule has 1 aromatic carbocycles. The second kappa shape index (κ2) is 8.69. The lowest BCUT2D eigenvalue weighted by molar-refractivity contribution is 0.262. The summed E-state index contributed by atoms with van der Waals surface area (Å²) in [5, 5.41) is 13.9. The molecule has 27 heavy (non-hydrogen) atoms. The van der Waals surface area contributed by atoms with Gasteiger partial charge in [0.1, 0.15) is 11.8 Å². The second-order valence-electron chi connectivity index (χ2n) is 7.05. The predicted molar refractivity (Wildman–Crippen MR) is 105 cm³/mol. The molecule has 0 bridgehead atoms. The molecule has 0 saturated heterocycles. The monoisotopic (exact) mass is 387 g/mol. The minimum Gasteiger partial charge on any atom is -0.495 e. The standard InChI is InChI=1S/C19H22ClN5O2/c1-19(2,3)16(20)8-12-5-6-14(15(7-12)27-4)24-18(26)25-17-11-22-13(9-21)10-23-17/h5-7,10-11,16H,8H2,1-4H3,(H2,23,24,25,26). The number of hydrogen-bond acceptors (Lipinski definition) is 5. The molecule has 0 spiro atoms. The van der Waals surface area contributed by atoms with Crippen molar-refractivity contribution in [3.8, 4) is 11.8 Å². The molecule has 0 aliphatic carbocycles. The zero-order chi connectivity index (χ0) is 20.0. The Morgan fingerprint density at radius 3 is 2.59 bits per heavy atom. The number of rotatable bonds is 5. The maximum Gasteiger partial charge on any atom is 0.324 e. The summed E-state index contributed by atoms with van der Waals surface area (Å²) in [6.07, 6.45) is 3.28. The van der Waals surface area contributed by atoms with Gasteiger partial charge in [-0.05, 0) is 29.5 Å². The lowest BCUT2D eigenvalue weighted by atomic mass is 9.88. The van der Waals surface area contributed by atoms with E-state index in [0.717, 1.165) is 5.56 Å². The zero-order valence-electron chi connectivity index (χ0n) is 15.7. The molecule has 0 aliphatic rings. The number of benzene rings is 1. The Hall–Kier alpha value is -2.85. The largest absolute Gasteiger partial charge is 0.495 e. The summed E-state index contributed by atoms with van der Waals surface area (Å²) in [7, 11) is 1.54. The first-order valence-electron chi connectivity index (χ1n) is 8.34. The maximum absolute atomic E-state index is 12.2. The van der Waals surface area contributed by atoms with Crippen molar-refractivity contribution in [3.63, 3.8) is 0 Å². The molecule has 1 aromatic heterocycles. The summed E-state index contributed by atoms with van der Waals surface area (Å²) in [5.41, 5.74) is 1.69. The number of urea groups is 1. The van der Waals surface area contributed by atoms with E-state index in [4.69, 9.17) is 21.6 Å². The van der Waals surface area contributed by atoms with E-state index in [1.165, 1.54) is 19.5 Å². The molecule has 2 N–H and O–H groups in total. The van der Waals surface area contributed by atoms with E-state index in [-0.39, 0.29) is 22.3 Å². The molecule has 1 heterocycles. The van der Waals surface area contributed by atoms with Gasteiger partial charge in [-0.1, -0.05) is 26.8 Å². The quantitative estimate of drug-likeness (QED) is 0.749. The van der Waals surface area contributed by atoms with E-state index in [1.807, 2.05) is 18.2 Å². The molecule has 0 aliphatic heterocycles. The number of ether oxygens (including phenoxy) is 1. The first kappa shape index (κ1) is 20.5. The molecule has 0 radical (unpaired) electrons. The highest BCUT2D eigenvalue weighted by atomic mass is 35.5. The Bertz CT molecular complexity index is 841. The van der Waals surface area contributed by atoms with E-state index in [2.05, 4.69) is 41.4 Å². The van der Waals surface area contributed by atoms with Crippen LogP contribution in [0.15, 0.2) is 30.6 Å². The molecule has 0 fully saturated rings. The van der Waals surface area contributed by atoms with Crippen molar-refractivity contribution in [2.45, 2.75) is 32.6 Å². The van der Waals surface area contributed by atoms with Crippen LogP contribution in [0.5, 0.6) is 5.75 Å². The fourth-order valence-corrected chi connectivity index (χ4v) is 2.38. The van der Waals surface area contributed by atoms with Gasteiger partial charge < -0.3 is 10.1 Å². The molecule has 2 rings (SSSR count). The number of amides is 2. The van der Waals surface area contributed by atoms with Crippen LogP contribution in [0, 0.1) is 16.7 Å². The summed E-state index contributed by atoms with van der Waals surface area (Å²) in [5.74, 6) is 0.767. The SMILES string of the molecule is COc1cc(CC(Cl)C(C)(C)C)ccc1NC(=O)Nc1cnc(C#N)cn1. The van der Waals surface area contributed by atoms with Gasteiger partial charge in [-0.2, -0.15) is 5.26 Å². The molecule has 2 aromatic rings. The third kappa shape index (κ3) is 5.83. The van der Waals surface area contributed by atoms with Gasteiger partial charge in [0.15, 0.2) is 11.5 Å². The number of carbonyl (C=O) groups excluding carboxylic acids is 1. The van der Waals surface area contributed by atoms with E-state index in [1.54, 1.807) is 6.07 Å². The van der Waals surface area contributed by atoms with Gasteiger partial charge in [-0.3, -0.25) is 5.32 Å². The molecule has 1 atom stereocenters. The zero-order valence-corrected chi connectivity index (χ0v) is 16.5. The summed E-state index contributed by atoms with van der Waals surface area (Å²) >= 11 is 6.47. The highest BCUT2D eigenvalue weighted by molar-refractivity contribution is 6.21. The minimum absolute atomic E-state index is 0.0201. The highest BCUT2D eigenvalue weighted by Gasteiger charge is 2.23. The van der Waals surface area contributed by atoms with Crippen LogP contribution < -0.4 is 15.4 Å². The number of hydrogen-bond donors (Lipinski definition) is 2. The maximum atomic E-state index is 12.2. The number of methoxy groups -OCH3 is 1. The first-order chi connectivity index (χ1) is 12.7. The topological polar surface area (TPSA) is 99.9 Å². The number of alkyl halides is 1. The smallest absolute Gasteiger partial charge is 0.324 e. The Balaban J connectivity index is 2.06. The van der Waals surface area contributed by atoms with E-state index < -0.39 is 6.03 Å². The molecule has 7 nitrogen and oxygen atoms in total. The first-order valence-corrected chi connectivity index (χ1v) is 8.77. The van der Waals surface area contributed by atoms with Crippen LogP contribution in [0.3, 0.4) is 0 Å². The van der Waals surface area contributed by atoms with Gasteiger partial charge in [-0.15, -0.1) is 11.6 Å². The Kier molecular flexibility index (Phi) is 6.59. The van der Waals surface area contributed by atoms with Gasteiger partial charge in [0.2, 0.25) is 0 Å². The molecule has 1 unspecified atom stereocenters. The van der Waals surface area contributed by atoms with Gasteiger partial charge in [0.05, 0.1) is 25.2 Å². The van der Waals surface area contributed by atoms with E-state index in [0.29, 0.717) is 17.9 Å². The van der Waals surface area contributed by atoms with Crippen LogP contribution in [0.2, 0.25) is 0 Å². The van der Waals surface area contributed by atoms with Crippen molar-refractivity contribution in [2.24, 2.45) is 5.41 Å². The summed E-state index contributed by atoms with van der Waals surface area (Å²) in [6, 6.07) is 6.90. The van der Waals surface area contributed by atoms with Gasteiger partial charge in [0.25, 0.3) is 0 Å². The van der Waals surface area contributed by atoms with Crippen molar-refractivity contribution in [3.05, 3.63) is 41.9 Å². The fourth-order valence-electron chi connectivity index (χ4n) is 2.20. The van der Waals surface area contributed by atoms with Crippen LogP contribution in [-0.4, -0.2) is 28.5 Å². The normalized spacial score (nSPS) is 12.0. The molecular formula is C19H22ClN5O2. The average molecular weight is 388 g/mol. The van der Waals surface area contributed by atoms with Crippen LogP contribution >= 0.6 is 11.6 Å². The van der Waals surface area contributed by atoms with Crippen molar-refractivity contribution in [2.75, 3.05) is 17.7 Å². The fraction of sp³-hybridized carbons (Fsp3) is 0.368. The number of aromatic nitrogens is 2. The lowest BCUT2D eigenvalue weighted by Gasteiger charge is -2.25. The number of anilines is 2. The number of carbonyl (C=O) groups is 1. The van der Waals surface area contributed by atoms with Gasteiger partial charge >= 0.3 is 6.03 Å². The second-order valence-corrected chi connectivity index (χ2v) is 7.58. The highest BCUT2D eigenvalue weighted by Crippen LogP contribution is 2.31. The Labute approximate surface area is 163 Å². The molecule has 0 saturated carbocycles. The van der Waals surface area contributed by atoms with Crippen molar-refractivity contribution in [1.82, 2.24) is 9.97 Å². The summed E-state index contributed by atoms with van der Waals surface area (Å²) in [4.78, 5) is 20.0. The Morgan fingerprint density at radius 1 is 1.30 bits per heavy atom. The average Bonchev–Trinajstić information content (AvgIpc) is 2.62. The minimum atomic E-state index is -0.495. The summed E-state index contributed by atoms with van der Waals surface area (Å²) in [6.45, 7) is 6.27. The number of nitrogens with one attached hydrogen (secondary N) is 2. The molecule has 8 heteroatoms. The summed E-state index contributed by atoms with van der Waals surface area (Å²) < 4.78 is 5.38. The van der Waals surface area contributed by atoms with Crippen molar-refractivity contribution in [1.29, 1.82) is 5.26 Å². The molecule has 142 valence electrons. The van der Waals surface area contributed by atoms with Crippen LogP contribution in [0.4, 0.5) is 16.3 Å². The third-order valence-electron chi connectivity index (χ3n) is 3.88. The number of nitrogens with zero attached hydrogens (tertiary/aromatic N) is 3. The van der Waals surface area contributed by atoms with Crippen molar-refractivity contribution < 1.29 is 9.53 Å². The van der Waals surface area contributed by atoms with E-state index in [9.17, 15) is 4.79 Å². The van der Waals surface area contributed by atoms with E-state index >= 15 is 0 Å². The molecular weight excluding hydrogens is 366 g/mol. The van der Waals surface area contributed by atoms with Crippen LogP contribution in [-0.2, 0) is 6.42 Å². The van der Waals surface area contributed by atoms with Gasteiger partial charge in [0, 0.05) is 5.38 Å². The van der Waals surface area contributed by atoms with Crippen LogP contribution in [0.25, 0.3) is 0 Å².